The fourth-order valence-corrected chi connectivity index (χ4v) is 13.9. The molecule has 2 saturated carbocycles. The van der Waals surface area contributed by atoms with Gasteiger partial charge in [0, 0.05) is 61.6 Å². The molecule has 12 atom stereocenters. The van der Waals surface area contributed by atoms with Crippen molar-refractivity contribution in [2.75, 3.05) is 26.3 Å². The molecule has 2 fully saturated rings. The number of carbonyl (C=O) groups excluding carboxylic acids is 2. The van der Waals surface area contributed by atoms with Crippen molar-refractivity contribution in [2.45, 2.75) is 145 Å². The van der Waals surface area contributed by atoms with Gasteiger partial charge in [0.15, 0.2) is 5.78 Å². The Labute approximate surface area is 476 Å². The van der Waals surface area contributed by atoms with E-state index >= 15 is 4.79 Å². The van der Waals surface area contributed by atoms with Gasteiger partial charge in [-0.05, 0) is 147 Å². The Bertz CT molecular complexity index is 3150. The topological polar surface area (TPSA) is 265 Å². The van der Waals surface area contributed by atoms with Crippen molar-refractivity contribution in [3.63, 3.8) is 0 Å². The summed E-state index contributed by atoms with van der Waals surface area (Å²) in [6.45, 7) is 10.2. The third kappa shape index (κ3) is 12.9. The fraction of sp³-hybridized carbons (Fsp3) is 0.470. The predicted molar refractivity (Wildman–Crippen MR) is 313 cm³/mol. The average Bonchev–Trinajstić information content (AvgIpc) is 4.04. The maximum atomic E-state index is 15.3. The molecule has 0 saturated heterocycles. The minimum atomic E-state index is -1.64. The van der Waals surface area contributed by atoms with E-state index in [1.807, 2.05) is 86.7 Å². The first kappa shape index (κ1) is 59.0. The van der Waals surface area contributed by atoms with Crippen LogP contribution in [0.2, 0.25) is 0 Å². The van der Waals surface area contributed by atoms with Crippen LogP contribution in [0.15, 0.2) is 130 Å². The number of nitrogens with two attached hydrogens (primary N) is 2. The van der Waals surface area contributed by atoms with Gasteiger partial charge in [0.05, 0.1) is 36.1 Å². The summed E-state index contributed by atoms with van der Waals surface area (Å²) >= 11 is 0. The highest BCUT2D eigenvalue weighted by Crippen LogP contribution is 2.63. The Morgan fingerprint density at radius 2 is 1.68 bits per heavy atom. The minimum absolute atomic E-state index is 0.0658. The number of rotatable bonds is 2. The second kappa shape index (κ2) is 25.2. The van der Waals surface area contributed by atoms with Crippen LogP contribution in [0.1, 0.15) is 130 Å². The molecule has 2 aliphatic carbocycles. The van der Waals surface area contributed by atoms with Crippen molar-refractivity contribution >= 4 is 17.6 Å². The second-order valence-electron chi connectivity index (χ2n) is 23.6. The molecule has 15 heteroatoms. The Morgan fingerprint density at radius 1 is 0.914 bits per heavy atom. The third-order valence-corrected chi connectivity index (χ3v) is 18.5. The van der Waals surface area contributed by atoms with Gasteiger partial charge in [-0.15, -0.1) is 0 Å². The number of ketones is 1. The number of ether oxygens (including phenoxy) is 1. The highest BCUT2D eigenvalue weighted by Gasteiger charge is 2.64. The maximum Gasteiger partial charge on any atom is 0.243 e. The van der Waals surface area contributed by atoms with E-state index in [9.17, 15) is 35.4 Å². The van der Waals surface area contributed by atoms with Crippen LogP contribution in [0.4, 0.5) is 0 Å². The lowest BCUT2D eigenvalue weighted by Crippen LogP contribution is -2.59. The molecule has 13 N–H and O–H groups in total. The molecule has 9 rings (SSSR count). The molecule has 4 heterocycles. The highest BCUT2D eigenvalue weighted by atomic mass is 16.5. The van der Waals surface area contributed by atoms with Crippen LogP contribution in [0.3, 0.4) is 0 Å². The number of aliphatic imine (C=N–C) groups is 1. The Hall–Kier alpha value is -6.63. The number of β-amino-alcohol motifs (C(OH)–C–C–N with tert-alkyl or cyclic N) is 1. The first-order chi connectivity index (χ1) is 38.8. The van der Waals surface area contributed by atoms with Gasteiger partial charge in [-0.1, -0.05) is 114 Å². The Kier molecular flexibility index (Phi) is 18.4. The van der Waals surface area contributed by atoms with Crippen LogP contribution in [0.5, 0.6) is 5.75 Å². The summed E-state index contributed by atoms with van der Waals surface area (Å²) < 4.78 is 6.18. The lowest BCUT2D eigenvalue weighted by atomic mass is 9.52. The molecule has 3 aromatic rings. The maximum absolute atomic E-state index is 15.3. The molecule has 1 amide bonds. The van der Waals surface area contributed by atoms with Crippen LogP contribution < -0.4 is 27.4 Å². The van der Waals surface area contributed by atoms with E-state index in [1.165, 1.54) is 0 Å². The van der Waals surface area contributed by atoms with Gasteiger partial charge in [-0.25, -0.2) is 0 Å². The van der Waals surface area contributed by atoms with Gasteiger partial charge in [0.25, 0.3) is 0 Å². The smallest absolute Gasteiger partial charge is 0.243 e. The summed E-state index contributed by atoms with van der Waals surface area (Å²) in [5, 5.41) is 82.6. The van der Waals surface area contributed by atoms with Crippen LogP contribution in [0.25, 0.3) is 0 Å². The van der Waals surface area contributed by atoms with Crippen molar-refractivity contribution in [1.29, 1.82) is 0 Å². The Morgan fingerprint density at radius 3 is 2.47 bits per heavy atom. The van der Waals surface area contributed by atoms with E-state index in [0.29, 0.717) is 72.8 Å². The summed E-state index contributed by atoms with van der Waals surface area (Å²) in [5.41, 5.74) is 16.8. The van der Waals surface area contributed by atoms with Crippen LogP contribution in [-0.4, -0.2) is 104 Å². The van der Waals surface area contributed by atoms with E-state index in [1.54, 1.807) is 25.1 Å². The number of Topliss-reactive ketones (excluding diaryl/α,β-unsaturated/α-hetero) is 1. The number of phenolic OH excluding ortho intramolecular Hbond substituents is 1. The highest BCUT2D eigenvalue weighted by molar-refractivity contribution is 5.98. The predicted octanol–water partition coefficient (Wildman–Crippen LogP) is 5.96. The number of benzene rings is 3. The zero-order chi connectivity index (χ0) is 57.6. The summed E-state index contributed by atoms with van der Waals surface area (Å²) in [7, 11) is 0. The molecule has 6 aliphatic rings. The van der Waals surface area contributed by atoms with Gasteiger partial charge in [0.1, 0.15) is 24.6 Å². The van der Waals surface area contributed by atoms with Gasteiger partial charge in [-0.2, -0.15) is 4.99 Å². The fourth-order valence-electron chi connectivity index (χ4n) is 13.9. The van der Waals surface area contributed by atoms with E-state index < -0.39 is 76.7 Å². The zero-order valence-corrected chi connectivity index (χ0v) is 46.9. The number of aliphatic hydroxyl groups is 5. The van der Waals surface area contributed by atoms with Crippen molar-refractivity contribution in [3.8, 4) is 29.6 Å². The number of hydrogen-bond donors (Lipinski definition) is 11. The monoisotopic (exact) mass is 1100 g/mol. The first-order valence-corrected chi connectivity index (χ1v) is 28.6. The zero-order valence-electron chi connectivity index (χ0n) is 46.9. The molecule has 3 aromatic carbocycles. The lowest BCUT2D eigenvalue weighted by Gasteiger charge is -2.56. The first-order valence-electron chi connectivity index (χ1n) is 28.6. The van der Waals surface area contributed by atoms with Crippen molar-refractivity contribution < 1.29 is 45.0 Å². The van der Waals surface area contributed by atoms with Gasteiger partial charge in [-0.3, -0.25) is 14.9 Å². The van der Waals surface area contributed by atoms with E-state index in [-0.39, 0.29) is 75.9 Å². The number of aliphatic hydroxyl groups excluding tert-OH is 3. The molecule has 428 valence electrons. The molecular formula is C66H80N6O9. The van der Waals surface area contributed by atoms with Gasteiger partial charge >= 0.3 is 0 Å². The third-order valence-electron chi connectivity index (χ3n) is 18.5. The van der Waals surface area contributed by atoms with Crippen LogP contribution >= 0.6 is 0 Å². The Balaban J connectivity index is 1.14. The largest absolute Gasteiger partial charge is 0.508 e. The van der Waals surface area contributed by atoms with Crippen molar-refractivity contribution in [3.05, 3.63) is 159 Å². The van der Waals surface area contributed by atoms with Gasteiger partial charge < -0.3 is 57.5 Å². The lowest BCUT2D eigenvalue weighted by molar-refractivity contribution is -0.168. The molecule has 15 nitrogen and oxygen atoms in total. The van der Waals surface area contributed by atoms with E-state index in [4.69, 9.17) is 16.2 Å². The SMILES string of the molecule is C=C1C=CC=C(C2CCC3(C4CCC(O)Cc5cccc(c5)CC5C(c6ccc(O)cc6)CNC(N)=NC#CCC5(O)CNC5C(=O)NC(N)c6cccc(c65)CC(=O)C(C)=C4CCC3(C)O)C2O)COCC#CCC(C)=CCC1O. The average molecular weight is 1100 g/mol. The van der Waals surface area contributed by atoms with E-state index in [2.05, 4.69) is 51.3 Å². The molecule has 12 unspecified atom stereocenters. The number of nitrogens with one attached hydrogen (secondary N) is 3. The van der Waals surface area contributed by atoms with Crippen LogP contribution in [0, 0.1) is 47.0 Å². The van der Waals surface area contributed by atoms with Crippen LogP contribution in [-0.2, 0) is 33.6 Å². The molecule has 1 spiro atoms. The summed E-state index contributed by atoms with van der Waals surface area (Å²) in [4.78, 5) is 33.9. The normalized spacial score (nSPS) is 32.9. The number of nitrogens with zero attached hydrogens (tertiary/aromatic N) is 1. The number of carbonyl (C=O) groups is 2. The molecule has 81 heavy (non-hydrogen) atoms. The summed E-state index contributed by atoms with van der Waals surface area (Å²) in [5.74, 6) is 6.80. The second-order valence-corrected chi connectivity index (χ2v) is 23.6. The molecular weight excluding hydrogens is 1020 g/mol. The quantitative estimate of drug-likeness (QED) is 0.105. The number of guanidine groups is 1. The number of aromatic hydroxyl groups is 1. The molecule has 2 bridgehead atoms. The van der Waals surface area contributed by atoms with Crippen molar-refractivity contribution in [1.82, 2.24) is 16.0 Å². The van der Waals surface area contributed by atoms with Gasteiger partial charge in [0.2, 0.25) is 11.9 Å². The number of fused-ring (bicyclic) bond motifs is 5. The number of amides is 1. The number of hydrogen-bond acceptors (Lipinski definition) is 14. The number of phenols is 1. The summed E-state index contributed by atoms with van der Waals surface area (Å²) in [6, 6.07) is 22.0. The van der Waals surface area contributed by atoms with Crippen molar-refractivity contribution in [2.24, 2.45) is 39.6 Å². The molecule has 0 radical (unpaired) electrons. The summed E-state index contributed by atoms with van der Waals surface area (Å²) in [6.07, 6.45) is 7.41. The standard InChI is InChI=1S/C66H80N6O9/c1-40-11-5-6-32-81-38-47(16-7-12-41(2)56(75)25-18-40)51-27-30-66(60(51)77)54-24-23-49(74)34-43-13-8-14-44(33-43)35-55-53(45-19-21-48(73)22-20-45)37-70-63(68)69-31-10-28-65(55,80)39-71-59-58-46(15-9-17-52(58)61(67)72-62(59)78)36-57(76)42(3)50(54)26-29-64(66,4)79/h7-9,12-22,33,49,51,53-56,59-61,71,73-75,77,79-80H,2,11,23-30,32,34-39,67H2,1,3-4H3,(H,72,78)(H3,68,69,70). The number of allylic oxidation sites excluding steroid dienone is 5. The van der Waals surface area contributed by atoms with E-state index in [0.717, 1.165) is 33.4 Å². The molecule has 4 aliphatic heterocycles. The molecule has 0 aromatic heterocycles. The minimum Gasteiger partial charge on any atom is -0.508 e.